The Labute approximate surface area is 146 Å². The van der Waals surface area contributed by atoms with E-state index in [0.717, 1.165) is 54.9 Å². The fourth-order valence-corrected chi connectivity index (χ4v) is 3.63. The van der Waals surface area contributed by atoms with Crippen molar-refractivity contribution >= 4 is 16.9 Å². The highest BCUT2D eigenvalue weighted by Gasteiger charge is 2.32. The van der Waals surface area contributed by atoms with Crippen molar-refractivity contribution in [3.05, 3.63) is 47.5 Å². The van der Waals surface area contributed by atoms with Gasteiger partial charge in [0.1, 0.15) is 5.82 Å². The Morgan fingerprint density at radius 3 is 2.92 bits per heavy atom. The number of imidazole rings is 1. The van der Waals surface area contributed by atoms with Crippen LogP contribution in [0.1, 0.15) is 54.1 Å². The van der Waals surface area contributed by atoms with Gasteiger partial charge in [0.15, 0.2) is 0 Å². The second kappa shape index (κ2) is 6.35. The number of fused-ring (bicyclic) bond motifs is 1. The Balaban J connectivity index is 1.68. The molecule has 6 nitrogen and oxygen atoms in total. The van der Waals surface area contributed by atoms with Crippen molar-refractivity contribution in [2.75, 3.05) is 6.54 Å². The topological polar surface area (TPSA) is 66.8 Å². The van der Waals surface area contributed by atoms with Gasteiger partial charge in [0.05, 0.1) is 28.3 Å². The molecule has 1 N–H and O–H groups in total. The predicted molar refractivity (Wildman–Crippen MR) is 96.4 cm³/mol. The quantitative estimate of drug-likeness (QED) is 0.796. The van der Waals surface area contributed by atoms with Crippen LogP contribution in [0.2, 0.25) is 0 Å². The molecule has 0 bridgehead atoms. The minimum absolute atomic E-state index is 0.00183. The van der Waals surface area contributed by atoms with Crippen molar-refractivity contribution in [2.24, 2.45) is 0 Å². The van der Waals surface area contributed by atoms with Crippen molar-refractivity contribution in [1.29, 1.82) is 0 Å². The number of nitrogens with one attached hydrogen (secondary N) is 1. The molecule has 3 heterocycles. The largest absolute Gasteiger partial charge is 0.340 e. The zero-order chi connectivity index (χ0) is 17.4. The molecule has 1 amide bonds. The van der Waals surface area contributed by atoms with E-state index in [-0.39, 0.29) is 11.9 Å². The molecule has 1 fully saturated rings. The molecule has 1 aliphatic rings. The van der Waals surface area contributed by atoms with Crippen LogP contribution in [-0.2, 0) is 6.54 Å². The molecule has 130 valence electrons. The molecule has 0 unspecified atom stereocenters. The van der Waals surface area contributed by atoms with Gasteiger partial charge in [-0.05, 0) is 45.2 Å². The lowest BCUT2D eigenvalue weighted by molar-refractivity contribution is 0.0600. The number of amides is 1. The fourth-order valence-electron chi connectivity index (χ4n) is 3.63. The van der Waals surface area contributed by atoms with E-state index in [9.17, 15) is 4.79 Å². The minimum Gasteiger partial charge on any atom is -0.340 e. The van der Waals surface area contributed by atoms with Crippen molar-refractivity contribution in [3.63, 3.8) is 0 Å². The Morgan fingerprint density at radius 1 is 1.32 bits per heavy atom. The predicted octanol–water partition coefficient (Wildman–Crippen LogP) is 3.46. The number of piperidine rings is 1. The molecule has 1 atom stereocenters. The van der Waals surface area contributed by atoms with Gasteiger partial charge in [0, 0.05) is 19.3 Å². The number of para-hydroxylation sites is 2. The lowest BCUT2D eigenvalue weighted by atomic mass is 10.0. The zero-order valence-corrected chi connectivity index (χ0v) is 14.7. The fraction of sp³-hybridized carbons (Fsp3) is 0.421. The second-order valence-corrected chi connectivity index (χ2v) is 6.63. The van der Waals surface area contributed by atoms with Gasteiger partial charge in [-0.25, -0.2) is 4.98 Å². The van der Waals surface area contributed by atoms with Gasteiger partial charge in [-0.3, -0.25) is 9.48 Å². The monoisotopic (exact) mass is 337 g/mol. The van der Waals surface area contributed by atoms with Crippen LogP contribution < -0.4 is 0 Å². The molecule has 6 heteroatoms. The molecule has 0 radical (unpaired) electrons. The van der Waals surface area contributed by atoms with Crippen molar-refractivity contribution < 1.29 is 4.79 Å². The number of carbonyl (C=O) groups is 1. The smallest absolute Gasteiger partial charge is 0.257 e. The van der Waals surface area contributed by atoms with Crippen LogP contribution in [0.5, 0.6) is 0 Å². The molecule has 4 rings (SSSR count). The third-order valence-corrected chi connectivity index (χ3v) is 4.99. The summed E-state index contributed by atoms with van der Waals surface area (Å²) in [6, 6.07) is 8.00. The van der Waals surface area contributed by atoms with E-state index < -0.39 is 0 Å². The van der Waals surface area contributed by atoms with Crippen LogP contribution in [0.3, 0.4) is 0 Å². The lowest BCUT2D eigenvalue weighted by Crippen LogP contribution is -2.39. The molecular formula is C19H23N5O. The molecular weight excluding hydrogens is 314 g/mol. The number of likely N-dealkylation sites (tertiary alicyclic amines) is 1. The number of aromatic nitrogens is 4. The third kappa shape index (κ3) is 2.81. The highest BCUT2D eigenvalue weighted by Crippen LogP contribution is 2.32. The average Bonchev–Trinajstić information content (AvgIpc) is 3.24. The highest BCUT2D eigenvalue weighted by molar-refractivity contribution is 5.95. The van der Waals surface area contributed by atoms with Gasteiger partial charge in [-0.2, -0.15) is 5.10 Å². The van der Waals surface area contributed by atoms with Gasteiger partial charge in [0.25, 0.3) is 5.91 Å². The van der Waals surface area contributed by atoms with Crippen molar-refractivity contribution in [2.45, 2.75) is 45.7 Å². The maximum Gasteiger partial charge on any atom is 0.257 e. The summed E-state index contributed by atoms with van der Waals surface area (Å²) in [5, 5.41) is 4.42. The zero-order valence-electron chi connectivity index (χ0n) is 14.7. The minimum atomic E-state index is -0.00183. The Hall–Kier alpha value is -2.63. The molecule has 1 aromatic carbocycles. The van der Waals surface area contributed by atoms with Gasteiger partial charge >= 0.3 is 0 Å². The summed E-state index contributed by atoms with van der Waals surface area (Å²) in [6.07, 6.45) is 4.94. The van der Waals surface area contributed by atoms with Crippen LogP contribution in [0, 0.1) is 6.92 Å². The van der Waals surface area contributed by atoms with E-state index in [1.54, 1.807) is 0 Å². The summed E-state index contributed by atoms with van der Waals surface area (Å²) in [5.41, 5.74) is 3.46. The number of hydrogen-bond donors (Lipinski definition) is 1. The summed E-state index contributed by atoms with van der Waals surface area (Å²) in [6.45, 7) is 5.46. The molecule has 25 heavy (non-hydrogen) atoms. The highest BCUT2D eigenvalue weighted by atomic mass is 16.2. The maximum atomic E-state index is 13.2. The van der Waals surface area contributed by atoms with E-state index in [1.165, 1.54) is 0 Å². The van der Waals surface area contributed by atoms with Crippen LogP contribution in [0.25, 0.3) is 11.0 Å². The number of hydrogen-bond acceptors (Lipinski definition) is 3. The number of H-pyrrole nitrogens is 1. The van der Waals surface area contributed by atoms with E-state index in [2.05, 4.69) is 10.1 Å². The van der Waals surface area contributed by atoms with Crippen LogP contribution in [0.4, 0.5) is 0 Å². The summed E-state index contributed by atoms with van der Waals surface area (Å²) < 4.78 is 1.82. The first-order chi connectivity index (χ1) is 12.2. The van der Waals surface area contributed by atoms with E-state index in [1.807, 2.05) is 53.9 Å². The maximum absolute atomic E-state index is 13.2. The van der Waals surface area contributed by atoms with Gasteiger partial charge < -0.3 is 9.88 Å². The molecule has 3 aromatic rings. The molecule has 0 saturated carbocycles. The molecule has 0 spiro atoms. The normalized spacial score (nSPS) is 18.0. The first-order valence-electron chi connectivity index (χ1n) is 8.97. The lowest BCUT2D eigenvalue weighted by Gasteiger charge is -2.34. The Kier molecular flexibility index (Phi) is 4.03. The van der Waals surface area contributed by atoms with E-state index >= 15 is 0 Å². The molecule has 0 aliphatic carbocycles. The second-order valence-electron chi connectivity index (χ2n) is 6.63. The Morgan fingerprint density at radius 2 is 2.16 bits per heavy atom. The summed E-state index contributed by atoms with van der Waals surface area (Å²) in [4.78, 5) is 23.3. The molecule has 2 aromatic heterocycles. The summed E-state index contributed by atoms with van der Waals surface area (Å²) in [7, 11) is 0. The van der Waals surface area contributed by atoms with Crippen molar-refractivity contribution in [1.82, 2.24) is 24.6 Å². The standard InChI is InChI=1S/C19H23N5O/c1-3-23-12-14(13(2)22-23)19(25)24-11-7-6-10-17(24)18-20-15-8-4-5-9-16(15)21-18/h4-5,8-9,12,17H,3,6-7,10-11H2,1-2H3,(H,20,21)/t17-/m1/s1. The number of carbonyl (C=O) groups excluding carboxylic acids is 1. The van der Waals surface area contributed by atoms with Gasteiger partial charge in [-0.15, -0.1) is 0 Å². The summed E-state index contributed by atoms with van der Waals surface area (Å²) in [5.74, 6) is 0.942. The van der Waals surface area contributed by atoms with Crippen LogP contribution in [-0.4, -0.2) is 37.1 Å². The Bertz CT molecular complexity index is 877. The molecule has 1 saturated heterocycles. The first-order valence-corrected chi connectivity index (χ1v) is 8.97. The third-order valence-electron chi connectivity index (χ3n) is 4.99. The summed E-state index contributed by atoms with van der Waals surface area (Å²) >= 11 is 0. The van der Waals surface area contributed by atoms with Crippen molar-refractivity contribution in [3.8, 4) is 0 Å². The van der Waals surface area contributed by atoms with Crippen LogP contribution >= 0.6 is 0 Å². The van der Waals surface area contributed by atoms with Gasteiger partial charge in [-0.1, -0.05) is 12.1 Å². The number of aromatic amines is 1. The van der Waals surface area contributed by atoms with Crippen LogP contribution in [0.15, 0.2) is 30.5 Å². The number of nitrogens with zero attached hydrogens (tertiary/aromatic N) is 4. The average molecular weight is 337 g/mol. The van der Waals surface area contributed by atoms with E-state index in [4.69, 9.17) is 4.98 Å². The molecule has 1 aliphatic heterocycles. The van der Waals surface area contributed by atoms with Gasteiger partial charge in [0.2, 0.25) is 0 Å². The SMILES string of the molecule is CCn1cc(C(=O)N2CCCC[C@@H]2c2nc3ccccc3[nH]2)c(C)n1. The number of benzene rings is 1. The number of rotatable bonds is 3. The van der Waals surface area contributed by atoms with E-state index in [0.29, 0.717) is 5.56 Å². The number of aryl methyl sites for hydroxylation is 2. The first kappa shape index (κ1) is 15.9.